The van der Waals surface area contributed by atoms with Crippen molar-refractivity contribution in [3.8, 4) is 0 Å². The van der Waals surface area contributed by atoms with Gasteiger partial charge in [-0.05, 0) is 30.4 Å². The molecule has 0 aliphatic rings. The first-order valence-corrected chi connectivity index (χ1v) is 7.79. The van der Waals surface area contributed by atoms with E-state index in [1.54, 1.807) is 12.1 Å². The Labute approximate surface area is 115 Å². The van der Waals surface area contributed by atoms with E-state index in [0.29, 0.717) is 5.56 Å². The zero-order valence-electron chi connectivity index (χ0n) is 12.1. The van der Waals surface area contributed by atoms with E-state index in [1.165, 1.54) is 13.8 Å². The van der Waals surface area contributed by atoms with Gasteiger partial charge in [0.2, 0.25) is 10.0 Å². The van der Waals surface area contributed by atoms with Gasteiger partial charge >= 0.3 is 0 Å². The molecule has 0 saturated heterocycles. The molecule has 1 aromatic carbocycles. The van der Waals surface area contributed by atoms with Crippen LogP contribution in [0.2, 0.25) is 0 Å². The summed E-state index contributed by atoms with van der Waals surface area (Å²) < 4.78 is 23.4. The molecule has 0 amide bonds. The van der Waals surface area contributed by atoms with E-state index < -0.39 is 20.9 Å². The number of hydrogen-bond donors (Lipinski definition) is 2. The molecule has 3 N–H and O–H groups in total. The number of sulfonamides is 1. The van der Waals surface area contributed by atoms with Crippen molar-refractivity contribution < 1.29 is 13.5 Å². The first-order valence-electron chi connectivity index (χ1n) is 6.18. The van der Waals surface area contributed by atoms with Crippen molar-refractivity contribution in [1.29, 1.82) is 0 Å². The fourth-order valence-corrected chi connectivity index (χ4v) is 3.50. The fourth-order valence-electron chi connectivity index (χ4n) is 2.16. The Morgan fingerprint density at radius 1 is 1.05 bits per heavy atom. The third-order valence-corrected chi connectivity index (χ3v) is 4.56. The zero-order chi connectivity index (χ0) is 15.1. The number of rotatable bonds is 3. The minimum atomic E-state index is -3.87. The monoisotopic (exact) mass is 285 g/mol. The van der Waals surface area contributed by atoms with Gasteiger partial charge in [-0.2, -0.15) is 0 Å². The first kappa shape index (κ1) is 16.1. The van der Waals surface area contributed by atoms with Crippen LogP contribution in [0, 0.1) is 0 Å². The average Bonchev–Trinajstić information content (AvgIpc) is 2.12. The topological polar surface area (TPSA) is 80.4 Å². The smallest absolute Gasteiger partial charge is 0.219 e. The number of benzene rings is 1. The van der Waals surface area contributed by atoms with Gasteiger partial charge in [-0.15, -0.1) is 0 Å². The summed E-state index contributed by atoms with van der Waals surface area (Å²) in [5.74, 6) is 0. The van der Waals surface area contributed by atoms with Crippen LogP contribution in [0.4, 0.5) is 0 Å². The van der Waals surface area contributed by atoms with Gasteiger partial charge in [0.05, 0.1) is 5.60 Å². The lowest BCUT2D eigenvalue weighted by molar-refractivity contribution is 0.0747. The van der Waals surface area contributed by atoms with Crippen molar-refractivity contribution in [1.82, 2.24) is 0 Å². The molecule has 0 bridgehead atoms. The normalized spacial score (nSPS) is 15.3. The molecule has 1 rings (SSSR count). The van der Waals surface area contributed by atoms with Gasteiger partial charge in [-0.1, -0.05) is 45.0 Å². The van der Waals surface area contributed by atoms with Gasteiger partial charge < -0.3 is 5.11 Å². The minimum Gasteiger partial charge on any atom is -0.389 e. The lowest BCUT2D eigenvalue weighted by atomic mass is 9.86. The standard InChI is InChI=1S/C14H23NO3S/c1-13(2,3)11-8-6-10(7-9-11)12(14(4,5)16)19(15,17)18/h6-9,12,16H,1-5H3,(H2,15,17,18). The number of hydrogen-bond acceptors (Lipinski definition) is 3. The SMILES string of the molecule is CC(C)(C)c1ccc(C(C(C)(C)O)S(N)(=O)=O)cc1. The van der Waals surface area contributed by atoms with Crippen molar-refractivity contribution in [2.45, 2.75) is 50.9 Å². The molecular weight excluding hydrogens is 262 g/mol. The Kier molecular flexibility index (Phi) is 4.15. The van der Waals surface area contributed by atoms with E-state index in [-0.39, 0.29) is 5.41 Å². The molecular formula is C14H23NO3S. The first-order chi connectivity index (χ1) is 8.33. The molecule has 4 nitrogen and oxygen atoms in total. The molecule has 108 valence electrons. The molecule has 0 aliphatic carbocycles. The predicted octanol–water partition coefficient (Wildman–Crippen LogP) is 2.08. The molecule has 0 saturated carbocycles. The van der Waals surface area contributed by atoms with Crippen LogP contribution in [-0.4, -0.2) is 19.1 Å². The average molecular weight is 285 g/mol. The lowest BCUT2D eigenvalue weighted by Gasteiger charge is -2.28. The summed E-state index contributed by atoms with van der Waals surface area (Å²) in [5, 5.41) is 14.1. The van der Waals surface area contributed by atoms with Gasteiger partial charge in [0.25, 0.3) is 0 Å². The van der Waals surface area contributed by atoms with Gasteiger partial charge in [-0.3, -0.25) is 0 Å². The van der Waals surface area contributed by atoms with Crippen LogP contribution in [0.15, 0.2) is 24.3 Å². The summed E-state index contributed by atoms with van der Waals surface area (Å²) in [4.78, 5) is 0. The maximum atomic E-state index is 11.7. The number of nitrogens with two attached hydrogens (primary N) is 1. The molecule has 19 heavy (non-hydrogen) atoms. The van der Waals surface area contributed by atoms with Crippen LogP contribution in [0.1, 0.15) is 51.0 Å². The Morgan fingerprint density at radius 3 is 1.74 bits per heavy atom. The van der Waals surface area contributed by atoms with Gasteiger partial charge in [0.15, 0.2) is 0 Å². The highest BCUT2D eigenvalue weighted by atomic mass is 32.2. The second-order valence-electron chi connectivity index (χ2n) is 6.49. The van der Waals surface area contributed by atoms with Crippen molar-refractivity contribution in [3.63, 3.8) is 0 Å². The third-order valence-electron chi connectivity index (χ3n) is 3.05. The minimum absolute atomic E-state index is 0.00957. The highest BCUT2D eigenvalue weighted by Gasteiger charge is 2.37. The Bertz CT molecular complexity index is 534. The molecule has 0 aromatic heterocycles. The van der Waals surface area contributed by atoms with E-state index in [9.17, 15) is 13.5 Å². The molecule has 0 aliphatic heterocycles. The van der Waals surface area contributed by atoms with Gasteiger partial charge in [0.1, 0.15) is 5.25 Å². The molecule has 1 aromatic rings. The quantitative estimate of drug-likeness (QED) is 0.892. The summed E-state index contributed by atoms with van der Waals surface area (Å²) in [6.07, 6.45) is 0. The van der Waals surface area contributed by atoms with E-state index in [4.69, 9.17) is 5.14 Å². The summed E-state index contributed by atoms with van der Waals surface area (Å²) in [5.41, 5.74) is 0.157. The van der Waals surface area contributed by atoms with E-state index in [0.717, 1.165) is 5.56 Å². The zero-order valence-corrected chi connectivity index (χ0v) is 13.0. The highest BCUT2D eigenvalue weighted by molar-refractivity contribution is 7.89. The third kappa shape index (κ3) is 4.03. The second-order valence-corrected chi connectivity index (χ2v) is 8.14. The largest absolute Gasteiger partial charge is 0.389 e. The predicted molar refractivity (Wildman–Crippen MR) is 77.3 cm³/mol. The summed E-state index contributed by atoms with van der Waals surface area (Å²) in [6, 6.07) is 7.18. The highest BCUT2D eigenvalue weighted by Crippen LogP contribution is 2.33. The van der Waals surface area contributed by atoms with Crippen LogP contribution in [0.5, 0.6) is 0 Å². The van der Waals surface area contributed by atoms with Gasteiger partial charge in [0, 0.05) is 0 Å². The number of aliphatic hydroxyl groups is 1. The van der Waals surface area contributed by atoms with Crippen LogP contribution >= 0.6 is 0 Å². The van der Waals surface area contributed by atoms with E-state index in [2.05, 4.69) is 20.8 Å². The molecule has 0 spiro atoms. The Hall–Kier alpha value is -0.910. The van der Waals surface area contributed by atoms with Crippen LogP contribution in [0.3, 0.4) is 0 Å². The number of primary sulfonamides is 1. The summed E-state index contributed by atoms with van der Waals surface area (Å²) in [7, 11) is -3.87. The van der Waals surface area contributed by atoms with Gasteiger partial charge in [-0.25, -0.2) is 13.6 Å². The lowest BCUT2D eigenvalue weighted by Crippen LogP contribution is -2.38. The molecule has 0 heterocycles. The van der Waals surface area contributed by atoms with Crippen molar-refractivity contribution in [2.24, 2.45) is 5.14 Å². The van der Waals surface area contributed by atoms with Crippen LogP contribution < -0.4 is 5.14 Å². The second kappa shape index (κ2) is 4.89. The molecule has 1 unspecified atom stereocenters. The summed E-state index contributed by atoms with van der Waals surface area (Å²) in [6.45, 7) is 9.12. The van der Waals surface area contributed by atoms with Crippen LogP contribution in [-0.2, 0) is 15.4 Å². The van der Waals surface area contributed by atoms with E-state index >= 15 is 0 Å². The molecule has 0 radical (unpaired) electrons. The molecule has 1 atom stereocenters. The summed E-state index contributed by atoms with van der Waals surface area (Å²) >= 11 is 0. The maximum Gasteiger partial charge on any atom is 0.219 e. The van der Waals surface area contributed by atoms with Crippen molar-refractivity contribution in [2.75, 3.05) is 0 Å². The van der Waals surface area contributed by atoms with Crippen molar-refractivity contribution in [3.05, 3.63) is 35.4 Å². The Morgan fingerprint density at radius 2 is 1.47 bits per heavy atom. The molecule has 0 fully saturated rings. The Balaban J connectivity index is 3.28. The fraction of sp³-hybridized carbons (Fsp3) is 0.571. The maximum absolute atomic E-state index is 11.7. The van der Waals surface area contributed by atoms with Crippen molar-refractivity contribution >= 4 is 10.0 Å². The van der Waals surface area contributed by atoms with Crippen LogP contribution in [0.25, 0.3) is 0 Å². The van der Waals surface area contributed by atoms with E-state index in [1.807, 2.05) is 12.1 Å². The molecule has 5 heteroatoms.